The number of carbonyl (C=O) groups excluding carboxylic acids is 7. The molecule has 0 aromatic heterocycles. The second-order valence-electron chi connectivity index (χ2n) is 22.7. The number of carbonyl (C=O) groups is 8. The Hall–Kier alpha value is -8.11. The summed E-state index contributed by atoms with van der Waals surface area (Å²) in [4.78, 5) is 134. The molecule has 7 amide bonds. The molecular weight excluding hydrogens is 1100 g/mol. The molecule has 4 aliphatic heterocycles. The number of nitrogens with one attached hydrogen (secondary N) is 3. The fraction of sp³-hybridized carbons (Fsp3) is 0.596. The van der Waals surface area contributed by atoms with E-state index in [0.29, 0.717) is 50.6 Å². The van der Waals surface area contributed by atoms with E-state index in [1.165, 1.54) is 9.80 Å². The molecule has 1 spiro atoms. The van der Waals surface area contributed by atoms with Gasteiger partial charge in [0.2, 0.25) is 35.4 Å². The van der Waals surface area contributed by atoms with Gasteiger partial charge in [0.15, 0.2) is 17.9 Å². The molecule has 2 aromatic carbocycles. The predicted octanol–water partition coefficient (Wildman–Crippen LogP) is -3.00. The van der Waals surface area contributed by atoms with E-state index in [4.69, 9.17) is 40.1 Å². The summed E-state index contributed by atoms with van der Waals surface area (Å²) in [6.07, 6.45) is 6.09. The molecule has 0 bridgehead atoms. The summed E-state index contributed by atoms with van der Waals surface area (Å²) in [5, 5.41) is 29.2. The fourth-order valence-electron chi connectivity index (χ4n) is 12.7. The maximum atomic E-state index is 15.5. The number of hydrogen-bond donors (Lipinski definition) is 12. The molecule has 28 heteroatoms. The highest BCUT2D eigenvalue weighted by atomic mass is 16.4. The lowest BCUT2D eigenvalue weighted by atomic mass is 9.84. The van der Waals surface area contributed by atoms with Gasteiger partial charge in [-0.2, -0.15) is 0 Å². The van der Waals surface area contributed by atoms with Crippen molar-refractivity contribution in [3.05, 3.63) is 71.3 Å². The Kier molecular flexibility index (Phi) is 22.8. The van der Waals surface area contributed by atoms with Crippen molar-refractivity contribution in [1.29, 1.82) is 0 Å². The molecule has 4 fully saturated rings. The molecule has 1 aliphatic carbocycles. The first kappa shape index (κ1) is 64.5. The van der Waals surface area contributed by atoms with E-state index >= 15 is 4.79 Å². The summed E-state index contributed by atoms with van der Waals surface area (Å²) in [5.41, 5.74) is 40.3. The van der Waals surface area contributed by atoms with Gasteiger partial charge >= 0.3 is 5.97 Å². The zero-order valence-electron chi connectivity index (χ0n) is 48.3. The maximum Gasteiger partial charge on any atom is 0.326 e. The number of guanidine groups is 3. The lowest BCUT2D eigenvalue weighted by Gasteiger charge is -2.43. The Morgan fingerprint density at radius 2 is 1.33 bits per heavy atom. The first-order valence-electron chi connectivity index (χ1n) is 29.5. The largest absolute Gasteiger partial charge is 0.480 e. The van der Waals surface area contributed by atoms with E-state index in [0.717, 1.165) is 30.4 Å². The van der Waals surface area contributed by atoms with Crippen molar-refractivity contribution in [2.45, 2.75) is 144 Å². The number of rotatable bonds is 27. The smallest absolute Gasteiger partial charge is 0.326 e. The summed E-state index contributed by atoms with van der Waals surface area (Å²) >= 11 is 0. The van der Waals surface area contributed by atoms with Gasteiger partial charge in [0, 0.05) is 51.9 Å². The van der Waals surface area contributed by atoms with Crippen LogP contribution in [0.3, 0.4) is 0 Å². The van der Waals surface area contributed by atoms with Crippen molar-refractivity contribution in [3.63, 3.8) is 0 Å². The Morgan fingerprint density at radius 3 is 1.96 bits per heavy atom. The average Bonchev–Trinajstić information content (AvgIpc) is 1.96. The number of amides is 7. The monoisotopic (exact) mass is 1180 g/mol. The molecule has 28 nitrogen and oxygen atoms in total. The minimum atomic E-state index is -1.55. The lowest BCUT2D eigenvalue weighted by Crippen LogP contribution is -2.60. The number of aliphatic imine (C=N–C) groups is 3. The van der Waals surface area contributed by atoms with Crippen molar-refractivity contribution in [1.82, 2.24) is 40.4 Å². The van der Waals surface area contributed by atoms with E-state index in [9.17, 15) is 43.8 Å². The summed E-state index contributed by atoms with van der Waals surface area (Å²) in [7, 11) is 0. The van der Waals surface area contributed by atoms with Crippen LogP contribution in [0.2, 0.25) is 0 Å². The Balaban J connectivity index is 1.06. The van der Waals surface area contributed by atoms with Crippen LogP contribution in [0.25, 0.3) is 0 Å². The second kappa shape index (κ2) is 30.1. The highest BCUT2D eigenvalue weighted by Gasteiger charge is 2.55. The van der Waals surface area contributed by atoms with Gasteiger partial charge in [-0.05, 0) is 106 Å². The molecule has 7 rings (SSSR count). The van der Waals surface area contributed by atoms with Crippen molar-refractivity contribution in [3.8, 4) is 0 Å². The van der Waals surface area contributed by atoms with Crippen molar-refractivity contribution < 1.29 is 48.6 Å². The SMILES string of the molecule is NC(N)=NCCC[C@@H](N)C(=O)N[C@@H](CCCN=C(N)N)C(=O)N1CCC2(CC1)C(=O)N(CC(=O)N[C@@H](CO)C(=O)N1CCc3ccccc3[C@@H]1C(=O)N1[C@H](C(=O)N[C@@H](CCCN=C(N)N)C(=O)O)C[C@@H]3CCCC[C@@H]31)CN2CCc1ccccc1. The molecule has 2 aromatic rings. The molecule has 4 heterocycles. The molecule has 0 radical (unpaired) electrons. The van der Waals surface area contributed by atoms with Crippen molar-refractivity contribution >= 4 is 65.2 Å². The molecule has 19 N–H and O–H groups in total. The van der Waals surface area contributed by atoms with Gasteiger partial charge in [0.1, 0.15) is 42.3 Å². The third-order valence-corrected chi connectivity index (χ3v) is 17.1. The van der Waals surface area contributed by atoms with Crippen LogP contribution >= 0.6 is 0 Å². The zero-order chi connectivity index (χ0) is 61.4. The van der Waals surface area contributed by atoms with Crippen LogP contribution < -0.4 is 56.1 Å². The Bertz CT molecular complexity index is 2780. The normalized spacial score (nSPS) is 21.3. The highest BCUT2D eigenvalue weighted by Crippen LogP contribution is 2.43. The van der Waals surface area contributed by atoms with Crippen LogP contribution in [-0.2, 0) is 51.2 Å². The minimum Gasteiger partial charge on any atom is -0.480 e. The number of nitrogens with two attached hydrogens (primary N) is 7. The number of likely N-dealkylation sites (tertiary alicyclic amines) is 2. The third-order valence-electron chi connectivity index (χ3n) is 17.1. The van der Waals surface area contributed by atoms with Crippen LogP contribution in [0.1, 0.15) is 106 Å². The van der Waals surface area contributed by atoms with E-state index in [-0.39, 0.29) is 126 Å². The fourth-order valence-corrected chi connectivity index (χ4v) is 12.7. The van der Waals surface area contributed by atoms with E-state index in [2.05, 4.69) is 30.9 Å². The van der Waals surface area contributed by atoms with Gasteiger partial charge < -0.3 is 85.9 Å². The molecular formula is C57H86N18O10. The van der Waals surface area contributed by atoms with Gasteiger partial charge in [0.25, 0.3) is 5.91 Å². The number of piperidine rings is 1. The van der Waals surface area contributed by atoms with Crippen LogP contribution in [-0.4, -0.2) is 207 Å². The summed E-state index contributed by atoms with van der Waals surface area (Å²) < 4.78 is 0. The highest BCUT2D eigenvalue weighted by molar-refractivity contribution is 5.98. The number of aliphatic hydroxyl groups excluding tert-OH is 1. The predicted molar refractivity (Wildman–Crippen MR) is 316 cm³/mol. The molecule has 85 heavy (non-hydrogen) atoms. The van der Waals surface area contributed by atoms with Crippen molar-refractivity contribution in [2.75, 3.05) is 65.6 Å². The summed E-state index contributed by atoms with van der Waals surface area (Å²) in [5.74, 6) is -5.59. The third kappa shape index (κ3) is 16.4. The maximum absolute atomic E-state index is 15.5. The molecule has 8 atom stereocenters. The summed E-state index contributed by atoms with van der Waals surface area (Å²) in [6.45, 7) is 0.0150. The molecule has 0 unspecified atom stereocenters. The number of fused-ring (bicyclic) bond motifs is 2. The number of carboxylic acids is 1. The van der Waals surface area contributed by atoms with Crippen molar-refractivity contribution in [2.24, 2.45) is 61.0 Å². The van der Waals surface area contributed by atoms with Crippen LogP contribution in [0.4, 0.5) is 0 Å². The van der Waals surface area contributed by atoms with Gasteiger partial charge in [-0.25, -0.2) is 4.79 Å². The number of nitrogens with zero attached hydrogens (tertiary/aromatic N) is 8. The Morgan fingerprint density at radius 1 is 0.718 bits per heavy atom. The first-order valence-corrected chi connectivity index (χ1v) is 29.5. The zero-order valence-corrected chi connectivity index (χ0v) is 48.3. The number of aliphatic carboxylic acids is 1. The summed E-state index contributed by atoms with van der Waals surface area (Å²) in [6, 6.07) is 9.39. The van der Waals surface area contributed by atoms with Crippen LogP contribution in [0.5, 0.6) is 0 Å². The average molecular weight is 1180 g/mol. The molecule has 464 valence electrons. The van der Waals surface area contributed by atoms with Gasteiger partial charge in [-0.1, -0.05) is 67.4 Å². The molecule has 5 aliphatic rings. The van der Waals surface area contributed by atoms with Gasteiger partial charge in [-0.15, -0.1) is 0 Å². The van der Waals surface area contributed by atoms with Crippen LogP contribution in [0, 0.1) is 5.92 Å². The number of benzene rings is 2. The second-order valence-corrected chi connectivity index (χ2v) is 22.7. The van der Waals surface area contributed by atoms with E-state index in [1.54, 1.807) is 21.9 Å². The first-order chi connectivity index (χ1) is 40.7. The Labute approximate surface area is 494 Å². The van der Waals surface area contributed by atoms with Crippen LogP contribution in [0.15, 0.2) is 69.6 Å². The molecule has 1 saturated carbocycles. The number of carboxylic acid groups (broad SMARTS) is 1. The number of aliphatic hydroxyl groups is 1. The van der Waals surface area contributed by atoms with E-state index in [1.807, 2.05) is 47.4 Å². The quantitative estimate of drug-likeness (QED) is 0.0241. The molecule has 3 saturated heterocycles. The van der Waals surface area contributed by atoms with Gasteiger partial charge in [0.05, 0.1) is 19.3 Å². The number of hydrogen-bond acceptors (Lipinski definition) is 14. The topological polar surface area (TPSA) is 449 Å². The van der Waals surface area contributed by atoms with Gasteiger partial charge in [-0.3, -0.25) is 53.4 Å². The standard InChI is InChI=1S/C57H86N18O10/c58-39(16-8-24-65-54(59)60)47(78)69-40(17-9-25-66-55(61)62)49(80)71-29-22-57(23-30-71)53(85)72(34-73(57)27-20-35-11-2-1-3-12-35)32-45(77)68-42(33-76)50(81)74-28-21-36-13-4-6-15-38(36)46(74)51(82)75-43-19-7-5-14-37(43)31-44(75)48(79)70-41(52(83)84)18-10-26-67-56(63)64/h1-4,6,11-13,15,37,39-44,46,76H,5,7-10,14,16-34,58H2,(H,68,77)(H,69,78)(H,70,79)(H,83,84)(H4,59,60,65)(H4,61,62,66)(H4,63,64,67)/t37-,39+,40-,41-,42-,43-,44-,46+/m0/s1. The van der Waals surface area contributed by atoms with E-state index < -0.39 is 90.4 Å². The minimum absolute atomic E-state index is 0.0236. The lowest BCUT2D eigenvalue weighted by molar-refractivity contribution is -0.153.